The Morgan fingerprint density at radius 3 is 2.59 bits per heavy atom. The van der Waals surface area contributed by atoms with Crippen molar-refractivity contribution in [1.82, 2.24) is 0 Å². The van der Waals surface area contributed by atoms with Crippen LogP contribution in [0.2, 0.25) is 0 Å². The van der Waals surface area contributed by atoms with Crippen LogP contribution in [0.5, 0.6) is 0 Å². The van der Waals surface area contributed by atoms with E-state index in [0.717, 1.165) is 19.5 Å². The topological polar surface area (TPSA) is 40.5 Å². The molecule has 0 aromatic carbocycles. The number of thiophene rings is 2. The molecule has 2 aromatic heterocycles. The fourth-order valence-electron chi connectivity index (χ4n) is 1.42. The summed E-state index contributed by atoms with van der Waals surface area (Å²) < 4.78 is 0. The molecule has 0 fully saturated rings. The summed E-state index contributed by atoms with van der Waals surface area (Å²) in [7, 11) is 0. The van der Waals surface area contributed by atoms with Crippen LogP contribution in [-0.4, -0.2) is 16.8 Å². The second-order valence-electron chi connectivity index (χ2n) is 3.44. The number of rotatable bonds is 3. The van der Waals surface area contributed by atoms with E-state index in [2.05, 4.69) is 11.8 Å². The zero-order chi connectivity index (χ0) is 12.3. The average molecular weight is 264 g/mol. The normalized spacial score (nSPS) is 11.9. The van der Waals surface area contributed by atoms with E-state index in [1.807, 2.05) is 31.2 Å². The molecule has 2 N–H and O–H groups in total. The molecule has 0 saturated heterocycles. The molecule has 0 saturated carbocycles. The van der Waals surface area contributed by atoms with Crippen molar-refractivity contribution in [1.29, 1.82) is 0 Å². The van der Waals surface area contributed by atoms with Gasteiger partial charge in [0, 0.05) is 14.6 Å². The van der Waals surface area contributed by atoms with Crippen LogP contribution in [0.25, 0.3) is 9.75 Å². The largest absolute Gasteiger partial charge is 0.393 e. The molecule has 0 amide bonds. The molecule has 0 aliphatic rings. The summed E-state index contributed by atoms with van der Waals surface area (Å²) in [5.41, 5.74) is 0. The SMILES string of the molecule is CC#Cc1ccc(-c2ccc([C@H](O)CO)s2)s1. The maximum atomic E-state index is 9.52. The smallest absolute Gasteiger partial charge is 0.111 e. The van der Waals surface area contributed by atoms with Crippen LogP contribution in [-0.2, 0) is 0 Å². The van der Waals surface area contributed by atoms with Crippen LogP contribution in [0.4, 0.5) is 0 Å². The molecule has 0 spiro atoms. The fraction of sp³-hybridized carbons (Fsp3) is 0.231. The summed E-state index contributed by atoms with van der Waals surface area (Å²) in [5.74, 6) is 5.89. The quantitative estimate of drug-likeness (QED) is 0.837. The molecule has 0 bridgehead atoms. The zero-order valence-corrected chi connectivity index (χ0v) is 10.9. The predicted molar refractivity (Wildman–Crippen MR) is 72.2 cm³/mol. The van der Waals surface area contributed by atoms with Gasteiger partial charge in [0.25, 0.3) is 0 Å². The number of hydrogen-bond donors (Lipinski definition) is 2. The first kappa shape index (κ1) is 12.3. The van der Waals surface area contributed by atoms with Gasteiger partial charge in [-0.1, -0.05) is 5.92 Å². The molecule has 2 heterocycles. The monoisotopic (exact) mass is 264 g/mol. The van der Waals surface area contributed by atoms with Crippen molar-refractivity contribution in [3.8, 4) is 21.6 Å². The highest BCUT2D eigenvalue weighted by molar-refractivity contribution is 7.22. The van der Waals surface area contributed by atoms with E-state index in [1.165, 1.54) is 11.3 Å². The Kier molecular flexibility index (Phi) is 3.97. The molecule has 1 atom stereocenters. The fourth-order valence-corrected chi connectivity index (χ4v) is 3.40. The number of hydrogen-bond acceptors (Lipinski definition) is 4. The third-order valence-corrected chi connectivity index (χ3v) is 4.61. The van der Waals surface area contributed by atoms with Gasteiger partial charge in [-0.3, -0.25) is 0 Å². The van der Waals surface area contributed by atoms with Gasteiger partial charge in [-0.15, -0.1) is 28.6 Å². The second kappa shape index (κ2) is 5.48. The molecule has 0 radical (unpaired) electrons. The van der Waals surface area contributed by atoms with Crippen LogP contribution in [0.15, 0.2) is 24.3 Å². The lowest BCUT2D eigenvalue weighted by molar-refractivity contribution is 0.0984. The van der Waals surface area contributed by atoms with Crippen LogP contribution in [0.1, 0.15) is 22.8 Å². The predicted octanol–water partition coefficient (Wildman–Crippen LogP) is 2.87. The minimum atomic E-state index is -0.774. The average Bonchev–Trinajstić information content (AvgIpc) is 2.96. The highest BCUT2D eigenvalue weighted by Crippen LogP contribution is 2.35. The van der Waals surface area contributed by atoms with E-state index < -0.39 is 6.10 Å². The van der Waals surface area contributed by atoms with Crippen LogP contribution >= 0.6 is 22.7 Å². The summed E-state index contributed by atoms with van der Waals surface area (Å²) in [5, 5.41) is 18.4. The van der Waals surface area contributed by atoms with Crippen LogP contribution in [0.3, 0.4) is 0 Å². The van der Waals surface area contributed by atoms with Crippen molar-refractivity contribution in [2.75, 3.05) is 6.61 Å². The van der Waals surface area contributed by atoms with E-state index in [9.17, 15) is 5.11 Å². The highest BCUT2D eigenvalue weighted by atomic mass is 32.1. The van der Waals surface area contributed by atoms with Gasteiger partial charge >= 0.3 is 0 Å². The summed E-state index contributed by atoms with van der Waals surface area (Å²) in [4.78, 5) is 4.07. The highest BCUT2D eigenvalue weighted by Gasteiger charge is 2.11. The number of aliphatic hydroxyl groups is 2. The minimum Gasteiger partial charge on any atom is -0.393 e. The first-order valence-corrected chi connectivity index (χ1v) is 6.79. The van der Waals surface area contributed by atoms with E-state index in [0.29, 0.717) is 0 Å². The zero-order valence-electron chi connectivity index (χ0n) is 9.30. The molecule has 0 aliphatic heterocycles. The van der Waals surface area contributed by atoms with E-state index >= 15 is 0 Å². The van der Waals surface area contributed by atoms with Gasteiger partial charge in [0.2, 0.25) is 0 Å². The third kappa shape index (κ3) is 2.76. The summed E-state index contributed by atoms with van der Waals surface area (Å²) in [6.07, 6.45) is -0.774. The van der Waals surface area contributed by atoms with Crippen LogP contribution < -0.4 is 0 Å². The van der Waals surface area contributed by atoms with Gasteiger partial charge in [-0.05, 0) is 31.2 Å². The molecule has 0 aliphatic carbocycles. The Labute approximate surface area is 108 Å². The Balaban J connectivity index is 2.26. The Hall–Kier alpha value is -1.12. The second-order valence-corrected chi connectivity index (χ2v) is 5.64. The molecule has 0 unspecified atom stereocenters. The van der Waals surface area contributed by atoms with Crippen molar-refractivity contribution < 1.29 is 10.2 Å². The molecular formula is C13H12O2S2. The van der Waals surface area contributed by atoms with Crippen LogP contribution in [0, 0.1) is 11.8 Å². The molecule has 4 heteroatoms. The molecule has 2 nitrogen and oxygen atoms in total. The van der Waals surface area contributed by atoms with Gasteiger partial charge in [0.15, 0.2) is 0 Å². The summed E-state index contributed by atoms with van der Waals surface area (Å²) >= 11 is 3.14. The third-order valence-electron chi connectivity index (χ3n) is 2.23. The molecule has 88 valence electrons. The van der Waals surface area contributed by atoms with Crippen molar-refractivity contribution in [3.05, 3.63) is 34.0 Å². The molecular weight excluding hydrogens is 252 g/mol. The van der Waals surface area contributed by atoms with Gasteiger partial charge in [-0.2, -0.15) is 0 Å². The molecule has 17 heavy (non-hydrogen) atoms. The van der Waals surface area contributed by atoms with E-state index in [4.69, 9.17) is 5.11 Å². The first-order valence-electron chi connectivity index (χ1n) is 5.16. The number of aliphatic hydroxyl groups excluding tert-OH is 2. The van der Waals surface area contributed by atoms with Gasteiger partial charge in [0.05, 0.1) is 11.5 Å². The lowest BCUT2D eigenvalue weighted by Gasteiger charge is -2.01. The van der Waals surface area contributed by atoms with Gasteiger partial charge < -0.3 is 10.2 Å². The van der Waals surface area contributed by atoms with Crippen molar-refractivity contribution >= 4 is 22.7 Å². The minimum absolute atomic E-state index is 0.239. The van der Waals surface area contributed by atoms with Gasteiger partial charge in [-0.25, -0.2) is 0 Å². The van der Waals surface area contributed by atoms with E-state index in [1.54, 1.807) is 11.3 Å². The molecule has 2 aromatic rings. The standard InChI is InChI=1S/C13H12O2S2/c1-2-3-9-4-5-12(16-9)13-7-6-11(17-13)10(15)8-14/h4-7,10,14-15H,8H2,1H3/t10-/m1/s1. The maximum Gasteiger partial charge on any atom is 0.111 e. The van der Waals surface area contributed by atoms with E-state index in [-0.39, 0.29) is 6.61 Å². The summed E-state index contributed by atoms with van der Waals surface area (Å²) in [6, 6.07) is 7.85. The lowest BCUT2D eigenvalue weighted by atomic mass is 10.3. The Morgan fingerprint density at radius 1 is 1.18 bits per heavy atom. The Bertz CT molecular complexity index is 557. The first-order chi connectivity index (χ1) is 8.24. The summed E-state index contributed by atoms with van der Waals surface area (Å²) in [6.45, 7) is 1.58. The van der Waals surface area contributed by atoms with Gasteiger partial charge in [0.1, 0.15) is 6.10 Å². The van der Waals surface area contributed by atoms with Crippen molar-refractivity contribution in [2.45, 2.75) is 13.0 Å². The van der Waals surface area contributed by atoms with Crippen molar-refractivity contribution in [3.63, 3.8) is 0 Å². The lowest BCUT2D eigenvalue weighted by Crippen LogP contribution is -1.98. The Morgan fingerprint density at radius 2 is 1.88 bits per heavy atom. The molecule has 2 rings (SSSR count). The van der Waals surface area contributed by atoms with Crippen molar-refractivity contribution in [2.24, 2.45) is 0 Å². The maximum absolute atomic E-state index is 9.52.